The van der Waals surface area contributed by atoms with Gasteiger partial charge in [-0.3, -0.25) is 0 Å². The minimum absolute atomic E-state index is 0.00234. The highest BCUT2D eigenvalue weighted by molar-refractivity contribution is 7.91. The average molecular weight is 354 g/mol. The first kappa shape index (κ1) is 18.7. The highest BCUT2D eigenvalue weighted by Gasteiger charge is 2.31. The number of sulfone groups is 1. The van der Waals surface area contributed by atoms with Gasteiger partial charge in [0.25, 0.3) is 0 Å². The molecule has 1 atom stereocenters. The molecule has 2 rings (SSSR count). The largest absolute Gasteiger partial charge is 0.444 e. The van der Waals surface area contributed by atoms with Gasteiger partial charge >= 0.3 is 6.09 Å². The maximum absolute atomic E-state index is 12.5. The molecule has 134 valence electrons. The lowest BCUT2D eigenvalue weighted by Gasteiger charge is -2.34. The minimum atomic E-state index is -3.45. The molecule has 1 aliphatic rings. The molecule has 0 radical (unpaired) electrons. The van der Waals surface area contributed by atoms with Crippen LogP contribution in [0.5, 0.6) is 0 Å². The van der Waals surface area contributed by atoms with E-state index in [1.807, 2.05) is 27.7 Å². The molecule has 1 aliphatic heterocycles. The molecule has 1 saturated heterocycles. The van der Waals surface area contributed by atoms with Crippen molar-refractivity contribution in [3.8, 4) is 0 Å². The van der Waals surface area contributed by atoms with Gasteiger partial charge in [0.05, 0.1) is 5.75 Å². The summed E-state index contributed by atoms with van der Waals surface area (Å²) in [7, 11) is -3.45. The Kier molecular flexibility index (Phi) is 5.52. The molecule has 0 bridgehead atoms. The number of pyridine rings is 1. The zero-order chi connectivity index (χ0) is 18.0. The second-order valence-corrected chi connectivity index (χ2v) is 9.37. The van der Waals surface area contributed by atoms with E-state index < -0.39 is 15.4 Å². The third-order valence-electron chi connectivity index (χ3n) is 3.83. The van der Waals surface area contributed by atoms with Crippen molar-refractivity contribution in [2.24, 2.45) is 5.92 Å². The van der Waals surface area contributed by atoms with Gasteiger partial charge in [0.2, 0.25) is 0 Å². The van der Waals surface area contributed by atoms with E-state index in [4.69, 9.17) is 4.74 Å². The fraction of sp³-hybridized carbons (Fsp3) is 0.647. The molecular weight excluding hydrogens is 328 g/mol. The number of hydrogen-bond donors (Lipinski definition) is 0. The minimum Gasteiger partial charge on any atom is -0.444 e. The van der Waals surface area contributed by atoms with E-state index in [-0.39, 0.29) is 22.8 Å². The quantitative estimate of drug-likeness (QED) is 0.834. The van der Waals surface area contributed by atoms with Crippen LogP contribution in [0.1, 0.15) is 39.2 Å². The lowest BCUT2D eigenvalue weighted by atomic mass is 10.0. The maximum Gasteiger partial charge on any atom is 0.410 e. The molecule has 0 N–H and O–H groups in total. The number of likely N-dealkylation sites (tertiary alicyclic amines) is 1. The molecule has 1 aromatic heterocycles. The highest BCUT2D eigenvalue weighted by atomic mass is 32.2. The second kappa shape index (κ2) is 7.09. The fourth-order valence-corrected chi connectivity index (χ4v) is 4.28. The summed E-state index contributed by atoms with van der Waals surface area (Å²) in [4.78, 5) is 17.8. The number of piperidine rings is 1. The molecular formula is C17H26N2O4S. The first-order chi connectivity index (χ1) is 11.1. The first-order valence-electron chi connectivity index (χ1n) is 8.20. The number of aromatic nitrogens is 1. The van der Waals surface area contributed by atoms with Gasteiger partial charge in [-0.25, -0.2) is 18.2 Å². The van der Waals surface area contributed by atoms with Crippen LogP contribution in [0.3, 0.4) is 0 Å². The lowest BCUT2D eigenvalue weighted by Crippen LogP contribution is -2.44. The lowest BCUT2D eigenvalue weighted by molar-refractivity contribution is 0.0176. The Balaban J connectivity index is 2.02. The van der Waals surface area contributed by atoms with Gasteiger partial charge in [-0.1, -0.05) is 6.07 Å². The number of nitrogens with zero attached hydrogens (tertiary/aromatic N) is 2. The van der Waals surface area contributed by atoms with Crippen molar-refractivity contribution in [1.29, 1.82) is 0 Å². The standard InChI is InChI=1S/C17H26N2O4S/c1-13-7-8-15(18-10-13)24(21,22)12-14-6-5-9-19(11-14)16(20)23-17(2,3)4/h7-8,10,14H,5-6,9,11-12H2,1-4H3. The van der Waals surface area contributed by atoms with Crippen LogP contribution in [0, 0.1) is 12.8 Å². The summed E-state index contributed by atoms with van der Waals surface area (Å²) < 4.78 is 30.4. The number of amides is 1. The molecule has 24 heavy (non-hydrogen) atoms. The topological polar surface area (TPSA) is 76.6 Å². The Hall–Kier alpha value is -1.63. The Bertz CT molecular complexity index is 678. The normalized spacial score (nSPS) is 19.2. The van der Waals surface area contributed by atoms with Gasteiger partial charge in [0.15, 0.2) is 14.9 Å². The zero-order valence-corrected chi connectivity index (χ0v) is 15.6. The van der Waals surface area contributed by atoms with Gasteiger partial charge in [0.1, 0.15) is 5.60 Å². The Labute approximate surface area is 144 Å². The summed E-state index contributed by atoms with van der Waals surface area (Å²) in [5.74, 6) is -0.0955. The molecule has 0 aromatic carbocycles. The predicted molar refractivity (Wildman–Crippen MR) is 91.6 cm³/mol. The van der Waals surface area contributed by atoms with Crippen molar-refractivity contribution in [2.45, 2.75) is 51.2 Å². The van der Waals surface area contributed by atoms with Crippen molar-refractivity contribution >= 4 is 15.9 Å². The van der Waals surface area contributed by atoms with Crippen LogP contribution in [0.2, 0.25) is 0 Å². The smallest absolute Gasteiger partial charge is 0.410 e. The van der Waals surface area contributed by atoms with E-state index >= 15 is 0 Å². The Morgan fingerprint density at radius 2 is 2.08 bits per heavy atom. The Morgan fingerprint density at radius 1 is 1.38 bits per heavy atom. The maximum atomic E-state index is 12.5. The van der Waals surface area contributed by atoms with Crippen molar-refractivity contribution < 1.29 is 17.9 Å². The summed E-state index contributed by atoms with van der Waals surface area (Å²) in [6.45, 7) is 8.33. The van der Waals surface area contributed by atoms with Crippen molar-refractivity contribution in [1.82, 2.24) is 9.88 Å². The van der Waals surface area contributed by atoms with Gasteiger partial charge in [-0.2, -0.15) is 0 Å². The van der Waals surface area contributed by atoms with E-state index in [0.717, 1.165) is 18.4 Å². The molecule has 0 aliphatic carbocycles. The molecule has 0 saturated carbocycles. The van der Waals surface area contributed by atoms with Crippen molar-refractivity contribution in [3.05, 3.63) is 23.9 Å². The van der Waals surface area contributed by atoms with Crippen LogP contribution in [-0.4, -0.2) is 48.8 Å². The van der Waals surface area contributed by atoms with Crippen LogP contribution in [-0.2, 0) is 14.6 Å². The third-order valence-corrected chi connectivity index (χ3v) is 5.62. The predicted octanol–water partition coefficient (Wildman–Crippen LogP) is 2.81. The zero-order valence-electron chi connectivity index (χ0n) is 14.8. The van der Waals surface area contributed by atoms with Crippen LogP contribution >= 0.6 is 0 Å². The SMILES string of the molecule is Cc1ccc(S(=O)(=O)CC2CCCN(C(=O)OC(C)(C)C)C2)nc1. The van der Waals surface area contributed by atoms with E-state index in [1.54, 1.807) is 23.2 Å². The Morgan fingerprint density at radius 3 is 2.67 bits per heavy atom. The van der Waals surface area contributed by atoms with Crippen LogP contribution in [0.25, 0.3) is 0 Å². The van der Waals surface area contributed by atoms with Crippen molar-refractivity contribution in [3.63, 3.8) is 0 Å². The average Bonchev–Trinajstić information content (AvgIpc) is 2.45. The number of hydrogen-bond acceptors (Lipinski definition) is 5. The molecule has 1 fully saturated rings. The van der Waals surface area contributed by atoms with Gasteiger partial charge in [0, 0.05) is 19.3 Å². The van der Waals surface area contributed by atoms with E-state index in [0.29, 0.717) is 13.1 Å². The van der Waals surface area contributed by atoms with Crippen LogP contribution in [0.4, 0.5) is 4.79 Å². The molecule has 2 heterocycles. The summed E-state index contributed by atoms with van der Waals surface area (Å²) >= 11 is 0. The number of carbonyl (C=O) groups excluding carboxylic acids is 1. The first-order valence-corrected chi connectivity index (χ1v) is 9.85. The highest BCUT2D eigenvalue weighted by Crippen LogP contribution is 2.22. The molecule has 7 heteroatoms. The van der Waals surface area contributed by atoms with E-state index in [2.05, 4.69) is 4.98 Å². The van der Waals surface area contributed by atoms with E-state index in [1.165, 1.54) is 0 Å². The number of carbonyl (C=O) groups is 1. The third kappa shape index (κ3) is 5.19. The molecule has 0 spiro atoms. The van der Waals surface area contributed by atoms with E-state index in [9.17, 15) is 13.2 Å². The summed E-state index contributed by atoms with van der Waals surface area (Å²) in [5.41, 5.74) is 0.366. The van der Waals surface area contributed by atoms with Gasteiger partial charge < -0.3 is 9.64 Å². The summed E-state index contributed by atoms with van der Waals surface area (Å²) in [6.07, 6.45) is 2.74. The monoisotopic (exact) mass is 354 g/mol. The van der Waals surface area contributed by atoms with Crippen LogP contribution in [0.15, 0.2) is 23.4 Å². The molecule has 6 nitrogen and oxygen atoms in total. The number of aryl methyl sites for hydroxylation is 1. The molecule has 1 unspecified atom stereocenters. The summed E-state index contributed by atoms with van der Waals surface area (Å²) in [5, 5.41) is 0.0995. The number of rotatable bonds is 3. The summed E-state index contributed by atoms with van der Waals surface area (Å²) in [6, 6.07) is 3.28. The van der Waals surface area contributed by atoms with Gasteiger partial charge in [-0.15, -0.1) is 0 Å². The second-order valence-electron chi connectivity index (χ2n) is 7.39. The fourth-order valence-electron chi connectivity index (χ4n) is 2.73. The van der Waals surface area contributed by atoms with Crippen molar-refractivity contribution in [2.75, 3.05) is 18.8 Å². The number of ether oxygens (including phenoxy) is 1. The molecule has 1 aromatic rings. The molecule has 1 amide bonds. The van der Waals surface area contributed by atoms with Gasteiger partial charge in [-0.05, 0) is 58.1 Å². The van der Waals surface area contributed by atoms with Crippen LogP contribution < -0.4 is 0 Å².